The van der Waals surface area contributed by atoms with Crippen LogP contribution in [0.2, 0.25) is 0 Å². The zero-order chi connectivity index (χ0) is 27.8. The monoisotopic (exact) mass is 539 g/mol. The molecule has 202 valence electrons. The highest BCUT2D eigenvalue weighted by Crippen LogP contribution is 2.38. The number of fused-ring (bicyclic) bond motifs is 1. The minimum Gasteiger partial charge on any atom is -0.360 e. The standard InChI is InChI=1S/C33H38ClN5/c1-8-25(26-13-15-35-30(26)28(34)9-2)32-27-19-38(33-23(7)17-24(18-36-33)20(3)4)16-14-29(27)37-39(32)31-21(5)11-10-12-22(31)6/h8-13,15,17-18,20,35H,14,16,19H2,1-7H3/b25-8-,28-9+. The van der Waals surface area contributed by atoms with Crippen LogP contribution in [-0.2, 0) is 13.0 Å². The van der Waals surface area contributed by atoms with Gasteiger partial charge in [0.25, 0.3) is 0 Å². The van der Waals surface area contributed by atoms with Crippen molar-refractivity contribution in [1.82, 2.24) is 19.7 Å². The van der Waals surface area contributed by atoms with Gasteiger partial charge in [-0.05, 0) is 68.9 Å². The molecule has 3 aromatic heterocycles. The van der Waals surface area contributed by atoms with Gasteiger partial charge in [-0.25, -0.2) is 9.67 Å². The van der Waals surface area contributed by atoms with Gasteiger partial charge in [-0.2, -0.15) is 5.10 Å². The fraction of sp³-hybridized carbons (Fsp3) is 0.333. The Balaban J connectivity index is 1.70. The summed E-state index contributed by atoms with van der Waals surface area (Å²) in [5.74, 6) is 1.51. The topological polar surface area (TPSA) is 49.7 Å². The van der Waals surface area contributed by atoms with E-state index in [0.717, 1.165) is 59.2 Å². The number of allylic oxidation sites excluding steroid dienone is 2. The maximum absolute atomic E-state index is 6.67. The van der Waals surface area contributed by atoms with Crippen molar-refractivity contribution < 1.29 is 0 Å². The molecule has 0 spiro atoms. The Morgan fingerprint density at radius 2 is 1.79 bits per heavy atom. The summed E-state index contributed by atoms with van der Waals surface area (Å²) < 4.78 is 2.18. The Kier molecular flexibility index (Phi) is 7.55. The maximum atomic E-state index is 6.67. The number of hydrogen-bond acceptors (Lipinski definition) is 3. The number of nitrogens with zero attached hydrogens (tertiary/aromatic N) is 4. The average molecular weight is 540 g/mol. The molecule has 5 nitrogen and oxygen atoms in total. The number of anilines is 1. The van der Waals surface area contributed by atoms with E-state index in [9.17, 15) is 0 Å². The maximum Gasteiger partial charge on any atom is 0.131 e. The number of aromatic amines is 1. The number of hydrogen-bond donors (Lipinski definition) is 1. The van der Waals surface area contributed by atoms with Crippen LogP contribution >= 0.6 is 11.6 Å². The van der Waals surface area contributed by atoms with Crippen molar-refractivity contribution >= 4 is 28.0 Å². The number of benzene rings is 1. The van der Waals surface area contributed by atoms with Gasteiger partial charge >= 0.3 is 0 Å². The third-order valence-corrected chi connectivity index (χ3v) is 8.20. The minimum atomic E-state index is 0.456. The average Bonchev–Trinajstić information content (AvgIpc) is 3.54. The molecule has 0 bridgehead atoms. The molecule has 0 saturated heterocycles. The molecule has 1 N–H and O–H groups in total. The summed E-state index contributed by atoms with van der Waals surface area (Å²) >= 11 is 6.67. The van der Waals surface area contributed by atoms with Crippen LogP contribution in [0.1, 0.15) is 84.1 Å². The van der Waals surface area contributed by atoms with E-state index in [1.165, 1.54) is 27.8 Å². The van der Waals surface area contributed by atoms with Crippen LogP contribution in [0.25, 0.3) is 16.3 Å². The largest absolute Gasteiger partial charge is 0.360 e. The van der Waals surface area contributed by atoms with Crippen LogP contribution in [-0.4, -0.2) is 26.3 Å². The van der Waals surface area contributed by atoms with Crippen molar-refractivity contribution in [3.05, 3.63) is 105 Å². The van der Waals surface area contributed by atoms with E-state index in [0.29, 0.717) is 11.0 Å². The molecule has 1 aromatic carbocycles. The fourth-order valence-corrected chi connectivity index (χ4v) is 5.88. The van der Waals surface area contributed by atoms with Crippen LogP contribution in [0.4, 0.5) is 5.82 Å². The number of nitrogens with one attached hydrogen (secondary N) is 1. The summed E-state index contributed by atoms with van der Waals surface area (Å²) in [6.45, 7) is 16.6. The highest BCUT2D eigenvalue weighted by atomic mass is 35.5. The van der Waals surface area contributed by atoms with Gasteiger partial charge in [0, 0.05) is 48.6 Å². The molecule has 1 aliphatic heterocycles. The van der Waals surface area contributed by atoms with Crippen molar-refractivity contribution in [3.63, 3.8) is 0 Å². The number of pyridine rings is 1. The van der Waals surface area contributed by atoms with Crippen LogP contribution in [0, 0.1) is 20.8 Å². The first-order valence-electron chi connectivity index (χ1n) is 13.8. The van der Waals surface area contributed by atoms with Gasteiger partial charge in [-0.3, -0.25) is 0 Å². The van der Waals surface area contributed by atoms with Gasteiger partial charge in [0.05, 0.1) is 27.8 Å². The van der Waals surface area contributed by atoms with Crippen molar-refractivity contribution in [2.24, 2.45) is 0 Å². The predicted octanol–water partition coefficient (Wildman–Crippen LogP) is 8.26. The molecule has 1 aliphatic rings. The molecule has 0 unspecified atom stereocenters. The molecule has 4 heterocycles. The number of aryl methyl sites for hydroxylation is 3. The van der Waals surface area contributed by atoms with Gasteiger partial charge in [-0.1, -0.05) is 61.9 Å². The van der Waals surface area contributed by atoms with Crippen molar-refractivity contribution in [2.75, 3.05) is 11.4 Å². The zero-order valence-corrected chi connectivity index (χ0v) is 24.8. The summed E-state index contributed by atoms with van der Waals surface area (Å²) in [5, 5.41) is 5.98. The molecule has 0 radical (unpaired) electrons. The van der Waals surface area contributed by atoms with Crippen LogP contribution < -0.4 is 4.90 Å². The fourth-order valence-electron chi connectivity index (χ4n) is 5.72. The Morgan fingerprint density at radius 3 is 2.44 bits per heavy atom. The highest BCUT2D eigenvalue weighted by Gasteiger charge is 2.30. The molecule has 0 saturated carbocycles. The quantitative estimate of drug-likeness (QED) is 0.268. The van der Waals surface area contributed by atoms with E-state index in [-0.39, 0.29) is 0 Å². The summed E-state index contributed by atoms with van der Waals surface area (Å²) in [6.07, 6.45) is 8.97. The molecule has 4 aromatic rings. The van der Waals surface area contributed by atoms with Gasteiger partial charge in [0.2, 0.25) is 0 Å². The lowest BCUT2D eigenvalue weighted by atomic mass is 9.95. The molecule has 39 heavy (non-hydrogen) atoms. The molecule has 5 rings (SSSR count). The SMILES string of the molecule is C/C=C(/c1cc[nH]c1/C(Cl)=C\C)c1c2c(nn1-c1c(C)cccc1C)CCN(c1ncc(C(C)C)cc1C)C2. The van der Waals surface area contributed by atoms with E-state index in [2.05, 4.69) is 92.5 Å². The molecule has 0 amide bonds. The lowest BCUT2D eigenvalue weighted by molar-refractivity contribution is 0.702. The third-order valence-electron chi connectivity index (χ3n) is 7.80. The second-order valence-corrected chi connectivity index (χ2v) is 11.2. The molecule has 0 aliphatic carbocycles. The van der Waals surface area contributed by atoms with Gasteiger partial charge in [-0.15, -0.1) is 0 Å². The third kappa shape index (κ3) is 4.85. The molecular formula is C33H38ClN5. The predicted molar refractivity (Wildman–Crippen MR) is 164 cm³/mol. The lowest BCUT2D eigenvalue weighted by Gasteiger charge is -2.30. The Bertz CT molecular complexity index is 1560. The first kappa shape index (κ1) is 27.0. The first-order valence-corrected chi connectivity index (χ1v) is 14.2. The number of H-pyrrole nitrogens is 1. The smallest absolute Gasteiger partial charge is 0.131 e. The summed E-state index contributed by atoms with van der Waals surface area (Å²) in [5.41, 5.74) is 12.6. The summed E-state index contributed by atoms with van der Waals surface area (Å²) in [7, 11) is 0. The molecule has 0 fully saturated rings. The van der Waals surface area contributed by atoms with E-state index < -0.39 is 0 Å². The Morgan fingerprint density at radius 1 is 1.05 bits per heavy atom. The van der Waals surface area contributed by atoms with Crippen molar-refractivity contribution in [3.8, 4) is 5.69 Å². The van der Waals surface area contributed by atoms with E-state index in [4.69, 9.17) is 21.7 Å². The second kappa shape index (κ2) is 10.9. The van der Waals surface area contributed by atoms with E-state index in [1.807, 2.05) is 25.4 Å². The van der Waals surface area contributed by atoms with Crippen LogP contribution in [0.3, 0.4) is 0 Å². The normalized spacial score (nSPS) is 14.3. The summed E-state index contributed by atoms with van der Waals surface area (Å²) in [6, 6.07) is 10.8. The summed E-state index contributed by atoms with van der Waals surface area (Å²) in [4.78, 5) is 10.7. The zero-order valence-electron chi connectivity index (χ0n) is 24.1. The Hall–Kier alpha value is -3.57. The van der Waals surface area contributed by atoms with Crippen LogP contribution in [0.15, 0.2) is 54.9 Å². The second-order valence-electron chi connectivity index (χ2n) is 10.8. The highest BCUT2D eigenvalue weighted by molar-refractivity contribution is 6.48. The molecule has 0 atom stereocenters. The van der Waals surface area contributed by atoms with E-state index >= 15 is 0 Å². The van der Waals surface area contributed by atoms with Crippen molar-refractivity contribution in [1.29, 1.82) is 0 Å². The van der Waals surface area contributed by atoms with Crippen molar-refractivity contribution in [2.45, 2.75) is 67.3 Å². The number of rotatable bonds is 6. The number of halogens is 1. The number of para-hydroxylation sites is 1. The van der Waals surface area contributed by atoms with Gasteiger partial charge < -0.3 is 9.88 Å². The molecule has 6 heteroatoms. The van der Waals surface area contributed by atoms with Crippen LogP contribution in [0.5, 0.6) is 0 Å². The number of aromatic nitrogens is 4. The van der Waals surface area contributed by atoms with Gasteiger partial charge in [0.1, 0.15) is 5.82 Å². The van der Waals surface area contributed by atoms with Gasteiger partial charge in [0.15, 0.2) is 0 Å². The lowest BCUT2D eigenvalue weighted by Crippen LogP contribution is -2.31. The minimum absolute atomic E-state index is 0.456. The van der Waals surface area contributed by atoms with E-state index in [1.54, 1.807) is 0 Å². The Labute approximate surface area is 237 Å². The first-order chi connectivity index (χ1) is 18.7. The molecular weight excluding hydrogens is 502 g/mol.